The Morgan fingerprint density at radius 2 is 1.65 bits per heavy atom. The van der Waals surface area contributed by atoms with E-state index < -0.39 is 20.0 Å². The maximum absolute atomic E-state index is 13.3. The Labute approximate surface area is 243 Å². The van der Waals surface area contributed by atoms with Crippen LogP contribution in [0.5, 0.6) is 0 Å². The number of piperidine rings is 1. The molecule has 0 N–H and O–H groups in total. The van der Waals surface area contributed by atoms with Gasteiger partial charge in [0.15, 0.2) is 0 Å². The number of benzene rings is 3. The van der Waals surface area contributed by atoms with Crippen LogP contribution in [0.2, 0.25) is 5.02 Å². The van der Waals surface area contributed by atoms with Gasteiger partial charge in [-0.1, -0.05) is 60.1 Å². The number of hydrogen-bond donors (Lipinski definition) is 0. The Balaban J connectivity index is 1.30. The first-order valence-corrected chi connectivity index (χ1v) is 17.0. The maximum Gasteiger partial charge on any atom is 0.242 e. The van der Waals surface area contributed by atoms with Gasteiger partial charge in [-0.05, 0) is 86.3 Å². The van der Waals surface area contributed by atoms with Crippen LogP contribution in [-0.2, 0) is 25.5 Å². The molecule has 0 aliphatic carbocycles. The molecule has 7 nitrogen and oxygen atoms in total. The van der Waals surface area contributed by atoms with E-state index in [-0.39, 0.29) is 22.0 Å². The summed E-state index contributed by atoms with van der Waals surface area (Å²) in [4.78, 5) is 2.65. The minimum atomic E-state index is -3.63. The SMILES string of the molecule is CN1c2ccccc2C2(CCN(CC[C@H](CN(C)S(=O)(=O)c3ccccc3)c3cccc(Cl)c3)CC2)CS1(=O)=O. The fourth-order valence-corrected chi connectivity index (χ4v) is 9.36. The second-order valence-electron chi connectivity index (χ2n) is 11.0. The predicted octanol–water partition coefficient (Wildman–Crippen LogP) is 4.95. The van der Waals surface area contributed by atoms with Gasteiger partial charge in [0.1, 0.15) is 0 Å². The zero-order valence-electron chi connectivity index (χ0n) is 22.9. The van der Waals surface area contributed by atoms with E-state index in [1.807, 2.05) is 42.5 Å². The van der Waals surface area contributed by atoms with Crippen LogP contribution in [0.3, 0.4) is 0 Å². The molecule has 1 fully saturated rings. The molecule has 0 radical (unpaired) electrons. The van der Waals surface area contributed by atoms with Gasteiger partial charge in [-0.3, -0.25) is 4.31 Å². The highest BCUT2D eigenvalue weighted by Crippen LogP contribution is 2.46. The first-order valence-electron chi connectivity index (χ1n) is 13.6. The van der Waals surface area contributed by atoms with Crippen molar-refractivity contribution in [2.24, 2.45) is 0 Å². The lowest BCUT2D eigenvalue weighted by Gasteiger charge is -2.47. The molecule has 2 aliphatic heterocycles. The lowest BCUT2D eigenvalue weighted by molar-refractivity contribution is 0.163. The van der Waals surface area contributed by atoms with Gasteiger partial charge in [0, 0.05) is 31.1 Å². The molecule has 10 heteroatoms. The minimum absolute atomic E-state index is 0.0532. The average molecular weight is 602 g/mol. The van der Waals surface area contributed by atoms with E-state index in [9.17, 15) is 16.8 Å². The summed E-state index contributed by atoms with van der Waals surface area (Å²) in [7, 11) is -3.74. The van der Waals surface area contributed by atoms with Crippen LogP contribution in [0.15, 0.2) is 83.8 Å². The Morgan fingerprint density at radius 1 is 0.975 bits per heavy atom. The third-order valence-electron chi connectivity index (χ3n) is 8.55. The van der Waals surface area contributed by atoms with Crippen LogP contribution in [0.4, 0.5) is 5.69 Å². The molecule has 0 amide bonds. The van der Waals surface area contributed by atoms with Crippen LogP contribution < -0.4 is 4.31 Å². The minimum Gasteiger partial charge on any atom is -0.303 e. The van der Waals surface area contributed by atoms with Gasteiger partial charge >= 0.3 is 0 Å². The Bertz CT molecular complexity index is 1560. The number of anilines is 1. The van der Waals surface area contributed by atoms with Crippen LogP contribution in [-0.4, -0.2) is 72.1 Å². The second kappa shape index (κ2) is 11.4. The number of sulfonamides is 2. The quantitative estimate of drug-likeness (QED) is 0.365. The van der Waals surface area contributed by atoms with Crippen molar-refractivity contribution in [3.63, 3.8) is 0 Å². The van der Waals surface area contributed by atoms with Crippen molar-refractivity contribution in [3.05, 3.63) is 95.0 Å². The topological polar surface area (TPSA) is 78.0 Å². The molecule has 1 saturated heterocycles. The molecule has 3 aromatic rings. The van der Waals surface area contributed by atoms with Gasteiger partial charge in [-0.2, -0.15) is 0 Å². The number of para-hydroxylation sites is 1. The molecule has 1 atom stereocenters. The monoisotopic (exact) mass is 601 g/mol. The molecular formula is C30H36ClN3O4S2. The van der Waals surface area contributed by atoms with E-state index in [0.29, 0.717) is 11.6 Å². The molecule has 0 saturated carbocycles. The van der Waals surface area contributed by atoms with Crippen molar-refractivity contribution in [2.45, 2.75) is 35.5 Å². The third kappa shape index (κ3) is 5.81. The number of likely N-dealkylation sites (tertiary alicyclic amines) is 1. The number of halogens is 1. The predicted molar refractivity (Wildman–Crippen MR) is 161 cm³/mol. The van der Waals surface area contributed by atoms with Crippen LogP contribution in [0, 0.1) is 0 Å². The molecule has 3 aromatic carbocycles. The zero-order chi connectivity index (χ0) is 28.5. The highest BCUT2D eigenvalue weighted by atomic mass is 35.5. The molecule has 0 aromatic heterocycles. The smallest absolute Gasteiger partial charge is 0.242 e. The number of hydrogen-bond acceptors (Lipinski definition) is 5. The highest BCUT2D eigenvalue weighted by molar-refractivity contribution is 7.92. The summed E-state index contributed by atoms with van der Waals surface area (Å²) in [6.07, 6.45) is 2.28. The van der Waals surface area contributed by atoms with Crippen molar-refractivity contribution in [2.75, 3.05) is 50.3 Å². The van der Waals surface area contributed by atoms with Gasteiger partial charge in [0.2, 0.25) is 20.0 Å². The number of nitrogens with zero attached hydrogens (tertiary/aromatic N) is 3. The fraction of sp³-hybridized carbons (Fsp3) is 0.400. The van der Waals surface area contributed by atoms with Crippen LogP contribution in [0.1, 0.15) is 36.3 Å². The summed E-state index contributed by atoms with van der Waals surface area (Å²) >= 11 is 6.32. The van der Waals surface area contributed by atoms with E-state index in [2.05, 4.69) is 11.0 Å². The van der Waals surface area contributed by atoms with Crippen molar-refractivity contribution in [1.82, 2.24) is 9.21 Å². The summed E-state index contributed by atoms with van der Waals surface area (Å²) in [5.41, 5.74) is 2.53. The van der Waals surface area contributed by atoms with E-state index in [1.54, 1.807) is 44.4 Å². The highest BCUT2D eigenvalue weighted by Gasteiger charge is 2.46. The van der Waals surface area contributed by atoms with Gasteiger partial charge < -0.3 is 4.90 Å². The lowest BCUT2D eigenvalue weighted by Crippen LogP contribution is -2.52. The molecule has 214 valence electrons. The lowest BCUT2D eigenvalue weighted by atomic mass is 9.73. The number of fused-ring (bicyclic) bond motifs is 2. The molecule has 1 spiro atoms. The van der Waals surface area contributed by atoms with E-state index in [0.717, 1.165) is 55.7 Å². The van der Waals surface area contributed by atoms with E-state index in [1.165, 1.54) is 8.61 Å². The molecule has 2 heterocycles. The van der Waals surface area contributed by atoms with Crippen molar-refractivity contribution in [1.29, 1.82) is 0 Å². The summed E-state index contributed by atoms with van der Waals surface area (Å²) in [5.74, 6) is 0.0803. The molecule has 2 aliphatic rings. The first-order chi connectivity index (χ1) is 19.0. The van der Waals surface area contributed by atoms with E-state index in [4.69, 9.17) is 11.6 Å². The largest absolute Gasteiger partial charge is 0.303 e. The summed E-state index contributed by atoms with van der Waals surface area (Å²) < 4.78 is 55.4. The van der Waals surface area contributed by atoms with Gasteiger partial charge in [0.25, 0.3) is 0 Å². The maximum atomic E-state index is 13.3. The molecular weight excluding hydrogens is 566 g/mol. The van der Waals surface area contributed by atoms with Crippen molar-refractivity contribution in [3.8, 4) is 0 Å². The second-order valence-corrected chi connectivity index (χ2v) is 15.5. The molecule has 0 bridgehead atoms. The Kier molecular flexibility index (Phi) is 8.32. The standard InChI is InChI=1S/C30H36ClN3O4S2/c1-32(40(37,38)27-11-4-3-5-12-27)22-25(24-9-8-10-26(31)21-24)15-18-34-19-16-30(17-20-34)23-39(35,36)33(2)29-14-7-6-13-28(29)30/h3-14,21,25H,15-20,22-23H2,1-2H3/t25-/m1/s1. The van der Waals surface area contributed by atoms with Gasteiger partial charge in [0.05, 0.1) is 16.3 Å². The van der Waals surface area contributed by atoms with Crippen molar-refractivity contribution >= 4 is 37.3 Å². The Morgan fingerprint density at radius 3 is 2.35 bits per heavy atom. The number of rotatable bonds is 8. The average Bonchev–Trinajstić information content (AvgIpc) is 2.95. The summed E-state index contributed by atoms with van der Waals surface area (Å²) in [6.45, 7) is 2.68. The van der Waals surface area contributed by atoms with E-state index >= 15 is 0 Å². The Hall–Kier alpha value is -2.43. The summed E-state index contributed by atoms with van der Waals surface area (Å²) in [5, 5.41) is 0.623. The van der Waals surface area contributed by atoms with Crippen LogP contribution >= 0.6 is 11.6 Å². The van der Waals surface area contributed by atoms with Gasteiger partial charge in [-0.15, -0.1) is 0 Å². The third-order valence-corrected chi connectivity index (χ3v) is 12.6. The number of likely N-dealkylation sites (N-methyl/N-ethyl adjacent to an activating group) is 1. The molecule has 0 unspecified atom stereocenters. The zero-order valence-corrected chi connectivity index (χ0v) is 25.3. The normalized spacial score (nSPS) is 19.4. The van der Waals surface area contributed by atoms with Crippen LogP contribution in [0.25, 0.3) is 0 Å². The fourth-order valence-electron chi connectivity index (χ4n) is 6.13. The summed E-state index contributed by atoms with van der Waals surface area (Å²) in [6, 6.07) is 24.0. The molecule has 40 heavy (non-hydrogen) atoms. The molecule has 5 rings (SSSR count). The van der Waals surface area contributed by atoms with Gasteiger partial charge in [-0.25, -0.2) is 21.1 Å². The first kappa shape index (κ1) is 29.1. The van der Waals surface area contributed by atoms with Crippen molar-refractivity contribution < 1.29 is 16.8 Å².